The Morgan fingerprint density at radius 1 is 1.10 bits per heavy atom. The van der Waals surface area contributed by atoms with Gasteiger partial charge in [0.2, 0.25) is 5.88 Å². The first kappa shape index (κ1) is 13.6. The van der Waals surface area contributed by atoms with E-state index in [1.54, 1.807) is 20.4 Å². The third kappa shape index (κ3) is 2.15. The number of nitrogens with zero attached hydrogens (tertiary/aromatic N) is 1. The van der Waals surface area contributed by atoms with Crippen molar-refractivity contribution in [3.63, 3.8) is 0 Å². The Balaban J connectivity index is 2.41. The zero-order valence-electron chi connectivity index (χ0n) is 11.6. The standard InChI is InChI=1S/C16H13NO3S/c1-19-13-4-3-11-10(5-7-17-16(11)20-2)15(13)12-6-8-21-14(12)9-18/h3-9H,1-2H3. The predicted molar refractivity (Wildman–Crippen MR) is 83.5 cm³/mol. The van der Waals surface area contributed by atoms with E-state index in [0.29, 0.717) is 10.8 Å². The summed E-state index contributed by atoms with van der Waals surface area (Å²) in [7, 11) is 3.21. The van der Waals surface area contributed by atoms with Crippen molar-refractivity contribution in [2.75, 3.05) is 14.2 Å². The fourth-order valence-corrected chi connectivity index (χ4v) is 3.14. The maximum absolute atomic E-state index is 11.3. The summed E-state index contributed by atoms with van der Waals surface area (Å²) in [4.78, 5) is 16.1. The fourth-order valence-electron chi connectivity index (χ4n) is 2.44. The molecule has 0 atom stereocenters. The summed E-state index contributed by atoms with van der Waals surface area (Å²) in [6, 6.07) is 7.62. The van der Waals surface area contributed by atoms with Crippen LogP contribution in [0, 0.1) is 0 Å². The number of benzene rings is 1. The second-order valence-corrected chi connectivity index (χ2v) is 5.32. The monoisotopic (exact) mass is 299 g/mol. The summed E-state index contributed by atoms with van der Waals surface area (Å²) in [6.45, 7) is 0. The molecule has 0 aliphatic rings. The highest BCUT2D eigenvalue weighted by Gasteiger charge is 2.17. The van der Waals surface area contributed by atoms with Gasteiger partial charge in [-0.25, -0.2) is 4.98 Å². The highest BCUT2D eigenvalue weighted by Crippen LogP contribution is 2.41. The van der Waals surface area contributed by atoms with Crippen molar-refractivity contribution in [2.24, 2.45) is 0 Å². The smallest absolute Gasteiger partial charge is 0.221 e. The number of hydrogen-bond acceptors (Lipinski definition) is 5. The second-order valence-electron chi connectivity index (χ2n) is 4.37. The number of carbonyl (C=O) groups is 1. The van der Waals surface area contributed by atoms with Crippen molar-refractivity contribution >= 4 is 28.4 Å². The molecule has 5 heteroatoms. The van der Waals surface area contributed by atoms with Gasteiger partial charge in [-0.2, -0.15) is 0 Å². The van der Waals surface area contributed by atoms with Crippen LogP contribution in [0.5, 0.6) is 11.6 Å². The van der Waals surface area contributed by atoms with E-state index >= 15 is 0 Å². The highest BCUT2D eigenvalue weighted by atomic mass is 32.1. The van der Waals surface area contributed by atoms with Gasteiger partial charge < -0.3 is 9.47 Å². The Morgan fingerprint density at radius 2 is 1.95 bits per heavy atom. The zero-order chi connectivity index (χ0) is 14.8. The molecule has 0 aliphatic carbocycles. The number of pyridine rings is 1. The molecule has 0 aliphatic heterocycles. The van der Waals surface area contributed by atoms with E-state index in [1.165, 1.54) is 11.3 Å². The molecular formula is C16H13NO3S. The van der Waals surface area contributed by atoms with Crippen molar-refractivity contribution in [3.05, 3.63) is 40.7 Å². The Morgan fingerprint density at radius 3 is 2.67 bits per heavy atom. The van der Waals surface area contributed by atoms with Gasteiger partial charge in [0.1, 0.15) is 5.75 Å². The Kier molecular flexibility index (Phi) is 3.58. The van der Waals surface area contributed by atoms with Crippen molar-refractivity contribution in [1.82, 2.24) is 4.98 Å². The van der Waals surface area contributed by atoms with Gasteiger partial charge >= 0.3 is 0 Å². The summed E-state index contributed by atoms with van der Waals surface area (Å²) in [5, 5.41) is 3.73. The minimum absolute atomic E-state index is 0.555. The van der Waals surface area contributed by atoms with Crippen LogP contribution >= 0.6 is 11.3 Å². The molecule has 0 amide bonds. The first-order valence-corrected chi connectivity index (χ1v) is 7.21. The largest absolute Gasteiger partial charge is 0.496 e. The molecule has 0 saturated carbocycles. The zero-order valence-corrected chi connectivity index (χ0v) is 12.4. The van der Waals surface area contributed by atoms with E-state index in [-0.39, 0.29) is 0 Å². The lowest BCUT2D eigenvalue weighted by Gasteiger charge is -2.13. The van der Waals surface area contributed by atoms with Crippen LogP contribution in [0.15, 0.2) is 35.8 Å². The molecule has 0 unspecified atom stereocenters. The molecule has 0 bridgehead atoms. The molecule has 0 N–H and O–H groups in total. The Hall–Kier alpha value is -2.40. The summed E-state index contributed by atoms with van der Waals surface area (Å²) < 4.78 is 10.8. The summed E-state index contributed by atoms with van der Waals surface area (Å²) in [5.74, 6) is 1.27. The SMILES string of the molecule is COc1ccc2c(OC)nccc2c1-c1ccsc1C=O. The van der Waals surface area contributed by atoms with E-state index in [1.807, 2.05) is 29.6 Å². The summed E-state index contributed by atoms with van der Waals surface area (Å²) >= 11 is 1.41. The molecular weight excluding hydrogens is 286 g/mol. The van der Waals surface area contributed by atoms with Crippen molar-refractivity contribution in [3.8, 4) is 22.8 Å². The number of ether oxygens (including phenoxy) is 2. The number of carbonyl (C=O) groups excluding carboxylic acids is 1. The summed E-state index contributed by atoms with van der Waals surface area (Å²) in [6.07, 6.45) is 2.56. The average molecular weight is 299 g/mol. The van der Waals surface area contributed by atoms with Crippen molar-refractivity contribution in [1.29, 1.82) is 0 Å². The number of rotatable bonds is 4. The highest BCUT2D eigenvalue weighted by molar-refractivity contribution is 7.12. The van der Waals surface area contributed by atoms with Crippen LogP contribution in [0.25, 0.3) is 21.9 Å². The molecule has 0 saturated heterocycles. The van der Waals surface area contributed by atoms with E-state index in [4.69, 9.17) is 9.47 Å². The van der Waals surface area contributed by atoms with Crippen LogP contribution in [0.3, 0.4) is 0 Å². The molecule has 106 valence electrons. The number of methoxy groups -OCH3 is 2. The van der Waals surface area contributed by atoms with Gasteiger partial charge in [-0.05, 0) is 29.6 Å². The van der Waals surface area contributed by atoms with Crippen LogP contribution in [-0.4, -0.2) is 25.5 Å². The molecule has 2 heterocycles. The Bertz CT molecular complexity index is 810. The molecule has 4 nitrogen and oxygen atoms in total. The van der Waals surface area contributed by atoms with E-state index in [9.17, 15) is 4.79 Å². The first-order valence-electron chi connectivity index (χ1n) is 6.33. The summed E-state index contributed by atoms with van der Waals surface area (Å²) in [5.41, 5.74) is 1.75. The van der Waals surface area contributed by atoms with Gasteiger partial charge in [0, 0.05) is 28.1 Å². The predicted octanol–water partition coefficient (Wildman–Crippen LogP) is 3.79. The average Bonchev–Trinajstić information content (AvgIpc) is 3.01. The number of aldehydes is 1. The third-order valence-corrected chi connectivity index (χ3v) is 4.20. The van der Waals surface area contributed by atoms with Crippen LogP contribution in [-0.2, 0) is 0 Å². The number of fused-ring (bicyclic) bond motifs is 1. The lowest BCUT2D eigenvalue weighted by atomic mass is 9.98. The maximum atomic E-state index is 11.3. The van der Waals surface area contributed by atoms with Gasteiger partial charge in [0.05, 0.1) is 19.1 Å². The normalized spacial score (nSPS) is 10.6. The molecule has 21 heavy (non-hydrogen) atoms. The van der Waals surface area contributed by atoms with Crippen molar-refractivity contribution < 1.29 is 14.3 Å². The molecule has 3 aromatic rings. The fraction of sp³-hybridized carbons (Fsp3) is 0.125. The van der Waals surface area contributed by atoms with Gasteiger partial charge in [-0.3, -0.25) is 4.79 Å². The number of thiophene rings is 1. The number of hydrogen-bond donors (Lipinski definition) is 0. The van der Waals surface area contributed by atoms with Crippen molar-refractivity contribution in [2.45, 2.75) is 0 Å². The van der Waals surface area contributed by atoms with Crippen LogP contribution < -0.4 is 9.47 Å². The molecule has 2 aromatic heterocycles. The Labute approximate surface area is 126 Å². The van der Waals surface area contributed by atoms with E-state index < -0.39 is 0 Å². The lowest BCUT2D eigenvalue weighted by molar-refractivity contribution is 0.112. The second kappa shape index (κ2) is 5.54. The topological polar surface area (TPSA) is 48.4 Å². The molecule has 0 radical (unpaired) electrons. The molecule has 1 aromatic carbocycles. The van der Waals surface area contributed by atoms with E-state index in [2.05, 4.69) is 4.98 Å². The first-order chi connectivity index (χ1) is 10.3. The minimum Gasteiger partial charge on any atom is -0.496 e. The molecule has 0 spiro atoms. The third-order valence-electron chi connectivity index (χ3n) is 3.36. The minimum atomic E-state index is 0.555. The molecule has 0 fully saturated rings. The van der Waals surface area contributed by atoms with Gasteiger partial charge in [-0.15, -0.1) is 11.3 Å². The lowest BCUT2D eigenvalue weighted by Crippen LogP contribution is -1.94. The van der Waals surface area contributed by atoms with Gasteiger partial charge in [0.15, 0.2) is 6.29 Å². The van der Waals surface area contributed by atoms with Gasteiger partial charge in [0.25, 0.3) is 0 Å². The maximum Gasteiger partial charge on any atom is 0.221 e. The number of aromatic nitrogens is 1. The van der Waals surface area contributed by atoms with Crippen LogP contribution in [0.1, 0.15) is 9.67 Å². The molecule has 3 rings (SSSR count). The van der Waals surface area contributed by atoms with Crippen LogP contribution in [0.2, 0.25) is 0 Å². The quantitative estimate of drug-likeness (QED) is 0.688. The van der Waals surface area contributed by atoms with Gasteiger partial charge in [-0.1, -0.05) is 0 Å². The van der Waals surface area contributed by atoms with E-state index in [0.717, 1.165) is 33.9 Å². The van der Waals surface area contributed by atoms with Crippen LogP contribution in [0.4, 0.5) is 0 Å².